The number of benzene rings is 2. The molecule has 0 heterocycles. The summed E-state index contributed by atoms with van der Waals surface area (Å²) in [5.41, 5.74) is 1.58. The minimum atomic E-state index is -4.43. The van der Waals surface area contributed by atoms with E-state index in [1.807, 2.05) is 0 Å². The Kier molecular flexibility index (Phi) is 8.90. The van der Waals surface area contributed by atoms with Crippen LogP contribution in [0.15, 0.2) is 58.3 Å². The zero-order valence-electron chi connectivity index (χ0n) is 17.4. The third-order valence-electron chi connectivity index (χ3n) is 4.59. The number of aliphatic hydroxyl groups is 4. The van der Waals surface area contributed by atoms with Crippen LogP contribution in [0.5, 0.6) is 0 Å². The summed E-state index contributed by atoms with van der Waals surface area (Å²) in [6, 6.07) is 11.1. The van der Waals surface area contributed by atoms with Crippen molar-refractivity contribution in [2.75, 3.05) is 13.2 Å². The molecule has 2 aromatic rings. The minimum Gasteiger partial charge on any atom is -0.394 e. The Morgan fingerprint density at radius 3 is 1.19 bits per heavy atom. The average molecular weight is 491 g/mol. The molecule has 0 aliphatic rings. The molecule has 2 aromatic carbocycles. The molecule has 0 aliphatic carbocycles. The number of hydrogen-bond acceptors (Lipinski definition) is 10. The van der Waals surface area contributed by atoms with Gasteiger partial charge in [0.25, 0.3) is 20.2 Å². The largest absolute Gasteiger partial charge is 0.394 e. The molecular formula is C20H26O10S2. The number of rotatable bonds is 11. The van der Waals surface area contributed by atoms with Crippen molar-refractivity contribution in [1.82, 2.24) is 0 Å². The summed E-state index contributed by atoms with van der Waals surface area (Å²) >= 11 is 0. The van der Waals surface area contributed by atoms with E-state index in [0.717, 1.165) is 11.1 Å². The van der Waals surface area contributed by atoms with Gasteiger partial charge in [0.2, 0.25) is 0 Å². The number of hydrogen-bond donors (Lipinski definition) is 4. The van der Waals surface area contributed by atoms with Crippen LogP contribution in [0.25, 0.3) is 0 Å². The summed E-state index contributed by atoms with van der Waals surface area (Å²) in [6.45, 7) is 1.42. The molecule has 0 bridgehead atoms. The van der Waals surface area contributed by atoms with Crippen LogP contribution in [0.4, 0.5) is 0 Å². The van der Waals surface area contributed by atoms with Crippen molar-refractivity contribution in [3.8, 4) is 0 Å². The summed E-state index contributed by atoms with van der Waals surface area (Å²) in [6.07, 6.45) is -7.97. The summed E-state index contributed by atoms with van der Waals surface area (Å²) in [5.74, 6) is 0. The summed E-state index contributed by atoms with van der Waals surface area (Å²) in [5, 5.41) is 39.7. The lowest BCUT2D eigenvalue weighted by Gasteiger charge is -2.29. The second-order valence-electron chi connectivity index (χ2n) is 7.15. The quantitative estimate of drug-likeness (QED) is 0.311. The second kappa shape index (κ2) is 10.8. The highest BCUT2D eigenvalue weighted by molar-refractivity contribution is 7.87. The van der Waals surface area contributed by atoms with Crippen LogP contribution in [0.2, 0.25) is 0 Å². The van der Waals surface area contributed by atoms with Crippen molar-refractivity contribution < 1.29 is 45.6 Å². The van der Waals surface area contributed by atoms with Crippen molar-refractivity contribution in [2.24, 2.45) is 0 Å². The maximum atomic E-state index is 12.4. The first-order chi connectivity index (χ1) is 14.9. The zero-order valence-corrected chi connectivity index (χ0v) is 19.0. The highest BCUT2D eigenvalue weighted by Crippen LogP contribution is 2.21. The number of aliphatic hydroxyl groups excluding tert-OH is 4. The van der Waals surface area contributed by atoms with Gasteiger partial charge in [-0.15, -0.1) is 0 Å². The van der Waals surface area contributed by atoms with Crippen molar-refractivity contribution in [1.29, 1.82) is 0 Å². The lowest BCUT2D eigenvalue weighted by molar-refractivity contribution is -0.107. The summed E-state index contributed by atoms with van der Waals surface area (Å²) < 4.78 is 59.4. The van der Waals surface area contributed by atoms with E-state index in [1.54, 1.807) is 13.8 Å². The van der Waals surface area contributed by atoms with Crippen LogP contribution >= 0.6 is 0 Å². The molecule has 0 spiro atoms. The first kappa shape index (κ1) is 26.4. The zero-order chi connectivity index (χ0) is 24.1. The molecule has 4 N–H and O–H groups in total. The molecule has 0 saturated heterocycles. The van der Waals surface area contributed by atoms with Crippen molar-refractivity contribution in [3.05, 3.63) is 59.7 Å². The Bertz CT molecular complexity index is 991. The van der Waals surface area contributed by atoms with E-state index >= 15 is 0 Å². The molecule has 0 unspecified atom stereocenters. The molecule has 2 rings (SSSR count). The predicted octanol–water partition coefficient (Wildman–Crippen LogP) is -0.142. The molecule has 0 fully saturated rings. The summed E-state index contributed by atoms with van der Waals surface area (Å²) in [7, 11) is -8.87. The van der Waals surface area contributed by atoms with Crippen molar-refractivity contribution in [3.63, 3.8) is 0 Å². The van der Waals surface area contributed by atoms with Crippen LogP contribution in [-0.4, -0.2) is 74.9 Å². The van der Waals surface area contributed by atoms with E-state index in [-0.39, 0.29) is 9.79 Å². The smallest absolute Gasteiger partial charge is 0.297 e. The monoisotopic (exact) mass is 490 g/mol. The highest BCUT2D eigenvalue weighted by atomic mass is 32.2. The van der Waals surface area contributed by atoms with E-state index in [2.05, 4.69) is 0 Å². The van der Waals surface area contributed by atoms with Crippen LogP contribution in [0, 0.1) is 13.8 Å². The standard InChI is InChI=1S/C20H26O10S2/c1-13-3-7-15(8-4-13)31(25,26)29-17(11-21)19(23)20(24)18(12-22)30-32(27,28)16-9-5-14(2)6-10-16/h3-10,17-24H,11-12H2,1-2H3/t17-,18+,19-,20-/m1/s1. The van der Waals surface area contributed by atoms with E-state index in [4.69, 9.17) is 8.37 Å². The van der Waals surface area contributed by atoms with Gasteiger partial charge < -0.3 is 20.4 Å². The number of aryl methyl sites for hydroxylation is 2. The molecule has 0 aliphatic heterocycles. The van der Waals surface area contributed by atoms with Crippen LogP contribution in [-0.2, 0) is 28.6 Å². The average Bonchev–Trinajstić information content (AvgIpc) is 2.75. The molecule has 4 atom stereocenters. The predicted molar refractivity (Wildman–Crippen MR) is 113 cm³/mol. The van der Waals surface area contributed by atoms with E-state index in [1.165, 1.54) is 48.5 Å². The molecule has 10 nitrogen and oxygen atoms in total. The Morgan fingerprint density at radius 2 is 0.938 bits per heavy atom. The third-order valence-corrected chi connectivity index (χ3v) is 7.29. The van der Waals surface area contributed by atoms with Gasteiger partial charge in [-0.25, -0.2) is 0 Å². The molecule has 178 valence electrons. The SMILES string of the molecule is Cc1ccc(S(=O)(=O)O[C@@H](CO)[C@@H](O)[C@H](O)[C@@H](CO)OS(=O)(=O)c2ccc(C)cc2)cc1. The van der Waals surface area contributed by atoms with Gasteiger partial charge in [0.1, 0.15) is 24.4 Å². The van der Waals surface area contributed by atoms with Gasteiger partial charge in [0.15, 0.2) is 0 Å². The topological polar surface area (TPSA) is 168 Å². The molecule has 0 aromatic heterocycles. The van der Waals surface area contributed by atoms with E-state index in [9.17, 15) is 37.3 Å². The van der Waals surface area contributed by atoms with Crippen molar-refractivity contribution >= 4 is 20.2 Å². The molecule has 0 saturated carbocycles. The van der Waals surface area contributed by atoms with Gasteiger partial charge in [0.05, 0.1) is 23.0 Å². The van der Waals surface area contributed by atoms with Crippen LogP contribution in [0.3, 0.4) is 0 Å². The Morgan fingerprint density at radius 1 is 0.656 bits per heavy atom. The van der Waals surface area contributed by atoms with Gasteiger partial charge in [-0.1, -0.05) is 35.4 Å². The fourth-order valence-electron chi connectivity index (χ4n) is 2.68. The molecule has 12 heteroatoms. The normalized spacial score (nSPS) is 16.3. The first-order valence-electron chi connectivity index (χ1n) is 9.49. The molecule has 32 heavy (non-hydrogen) atoms. The maximum Gasteiger partial charge on any atom is 0.297 e. The Hall–Kier alpha value is -1.90. The van der Waals surface area contributed by atoms with Crippen molar-refractivity contribution in [2.45, 2.75) is 48.1 Å². The lowest BCUT2D eigenvalue weighted by Crippen LogP contribution is -2.50. The first-order valence-corrected chi connectivity index (χ1v) is 12.3. The highest BCUT2D eigenvalue weighted by Gasteiger charge is 2.38. The molecule has 0 amide bonds. The van der Waals surface area contributed by atoms with Gasteiger partial charge in [-0.3, -0.25) is 8.37 Å². The maximum absolute atomic E-state index is 12.4. The molecule has 0 radical (unpaired) electrons. The Labute approximate surface area is 186 Å². The Balaban J connectivity index is 2.18. The van der Waals surface area contributed by atoms with Crippen LogP contribution in [0.1, 0.15) is 11.1 Å². The third kappa shape index (κ3) is 6.56. The fraction of sp³-hybridized carbons (Fsp3) is 0.400. The van der Waals surface area contributed by atoms with Crippen LogP contribution < -0.4 is 0 Å². The molecular weight excluding hydrogens is 464 g/mol. The minimum absolute atomic E-state index is 0.250. The van der Waals surface area contributed by atoms with Gasteiger partial charge >= 0.3 is 0 Å². The lowest BCUT2D eigenvalue weighted by atomic mass is 10.0. The fourth-order valence-corrected chi connectivity index (χ4v) is 4.84. The summed E-state index contributed by atoms with van der Waals surface area (Å²) in [4.78, 5) is -0.500. The van der Waals surface area contributed by atoms with Gasteiger partial charge in [-0.05, 0) is 38.1 Å². The van der Waals surface area contributed by atoms with E-state index in [0.29, 0.717) is 0 Å². The van der Waals surface area contributed by atoms with Gasteiger partial charge in [-0.2, -0.15) is 16.8 Å². The van der Waals surface area contributed by atoms with E-state index < -0.39 is 57.9 Å². The van der Waals surface area contributed by atoms with Gasteiger partial charge in [0, 0.05) is 0 Å². The second-order valence-corrected chi connectivity index (χ2v) is 10.3.